The first-order valence-electron chi connectivity index (χ1n) is 8.32. The summed E-state index contributed by atoms with van der Waals surface area (Å²) >= 11 is 0. The summed E-state index contributed by atoms with van der Waals surface area (Å²) in [7, 11) is -3.78. The molecule has 1 atom stereocenters. The molecule has 0 radical (unpaired) electrons. The minimum atomic E-state index is -3.78. The number of carbonyl (C=O) groups is 1. The van der Waals surface area contributed by atoms with Crippen molar-refractivity contribution in [3.8, 4) is 5.75 Å². The Labute approximate surface area is 153 Å². The highest BCUT2D eigenvalue weighted by Crippen LogP contribution is 2.33. The van der Waals surface area contributed by atoms with Crippen LogP contribution in [0.1, 0.15) is 26.3 Å². The van der Waals surface area contributed by atoms with Gasteiger partial charge in [0.2, 0.25) is 5.91 Å². The predicted octanol–water partition coefficient (Wildman–Crippen LogP) is 2.90. The molecule has 1 unspecified atom stereocenters. The van der Waals surface area contributed by atoms with E-state index < -0.39 is 21.0 Å². The Balaban J connectivity index is 1.84. The van der Waals surface area contributed by atoms with E-state index in [9.17, 15) is 18.3 Å². The lowest BCUT2D eigenvalue weighted by molar-refractivity contribution is -0.115. The molecule has 0 bridgehead atoms. The zero-order chi connectivity index (χ0) is 19.1. The number of benzene rings is 2. The van der Waals surface area contributed by atoms with E-state index in [4.69, 9.17) is 0 Å². The van der Waals surface area contributed by atoms with Crippen molar-refractivity contribution in [2.45, 2.75) is 36.3 Å². The molecule has 0 aliphatic carbocycles. The topological polar surface area (TPSA) is 95.5 Å². The van der Waals surface area contributed by atoms with Crippen molar-refractivity contribution in [2.24, 2.45) is 0 Å². The van der Waals surface area contributed by atoms with Gasteiger partial charge in [-0.25, -0.2) is 8.42 Å². The fourth-order valence-electron chi connectivity index (χ4n) is 3.03. The lowest BCUT2D eigenvalue weighted by Crippen LogP contribution is -2.43. The number of hydrogen-bond acceptors (Lipinski definition) is 5. The SMILES string of the molecule is CC(C)(C)c1ccc(NC(=O)C2CNc3ccccc3S2(=O)=O)cc1O. The Kier molecular flexibility index (Phi) is 4.44. The number of anilines is 2. The molecule has 2 aromatic carbocycles. The van der Waals surface area contributed by atoms with Crippen molar-refractivity contribution >= 4 is 27.1 Å². The van der Waals surface area contributed by atoms with Crippen LogP contribution in [0.25, 0.3) is 0 Å². The van der Waals surface area contributed by atoms with E-state index in [2.05, 4.69) is 10.6 Å². The van der Waals surface area contributed by atoms with Gasteiger partial charge in [-0.3, -0.25) is 4.79 Å². The largest absolute Gasteiger partial charge is 0.508 e. The number of sulfone groups is 1. The van der Waals surface area contributed by atoms with Crippen LogP contribution in [0.15, 0.2) is 47.4 Å². The summed E-state index contributed by atoms with van der Waals surface area (Å²) < 4.78 is 25.5. The number of phenols is 1. The number of fused-ring (bicyclic) bond motifs is 1. The lowest BCUT2D eigenvalue weighted by Gasteiger charge is -2.25. The van der Waals surface area contributed by atoms with E-state index >= 15 is 0 Å². The molecule has 3 rings (SSSR count). The quantitative estimate of drug-likeness (QED) is 0.751. The molecule has 138 valence electrons. The summed E-state index contributed by atoms with van der Waals surface area (Å²) in [5, 5.41) is 14.6. The van der Waals surface area contributed by atoms with Gasteiger partial charge in [0.1, 0.15) is 5.75 Å². The van der Waals surface area contributed by atoms with Gasteiger partial charge in [0.25, 0.3) is 0 Å². The lowest BCUT2D eigenvalue weighted by atomic mass is 9.86. The Hall–Kier alpha value is -2.54. The molecule has 1 aliphatic rings. The van der Waals surface area contributed by atoms with Crippen molar-refractivity contribution < 1.29 is 18.3 Å². The molecule has 0 saturated carbocycles. The predicted molar refractivity (Wildman–Crippen MR) is 101 cm³/mol. The second-order valence-corrected chi connectivity index (χ2v) is 9.48. The van der Waals surface area contributed by atoms with Crippen molar-refractivity contribution in [1.29, 1.82) is 0 Å². The zero-order valence-corrected chi connectivity index (χ0v) is 15.7. The molecule has 1 amide bonds. The average molecular weight is 374 g/mol. The Morgan fingerprint density at radius 2 is 1.88 bits per heavy atom. The van der Waals surface area contributed by atoms with Gasteiger partial charge < -0.3 is 15.7 Å². The van der Waals surface area contributed by atoms with E-state index in [1.54, 1.807) is 30.3 Å². The van der Waals surface area contributed by atoms with Gasteiger partial charge in [-0.2, -0.15) is 0 Å². The monoisotopic (exact) mass is 374 g/mol. The summed E-state index contributed by atoms with van der Waals surface area (Å²) in [5.74, 6) is -0.569. The number of para-hydroxylation sites is 1. The van der Waals surface area contributed by atoms with E-state index in [-0.39, 0.29) is 22.6 Å². The number of phenolic OH excluding ortho intramolecular Hbond substituents is 1. The van der Waals surface area contributed by atoms with Crippen LogP contribution >= 0.6 is 0 Å². The molecule has 6 nitrogen and oxygen atoms in total. The molecule has 0 spiro atoms. The maximum absolute atomic E-state index is 12.7. The standard InChI is InChI=1S/C19H22N2O4S/c1-19(2,3)13-9-8-12(10-15(13)22)21-18(23)17-11-20-14-6-4-5-7-16(14)26(17,24)25/h4-10,17,20,22H,11H2,1-3H3,(H,21,23). The van der Waals surface area contributed by atoms with Crippen molar-refractivity contribution in [1.82, 2.24) is 0 Å². The highest BCUT2D eigenvalue weighted by Gasteiger charge is 2.38. The second kappa shape index (κ2) is 6.32. The van der Waals surface area contributed by atoms with Crippen LogP contribution in [0.2, 0.25) is 0 Å². The van der Waals surface area contributed by atoms with Gasteiger partial charge in [0, 0.05) is 18.3 Å². The van der Waals surface area contributed by atoms with Crippen LogP contribution in [-0.4, -0.2) is 31.2 Å². The molecule has 1 heterocycles. The van der Waals surface area contributed by atoms with Gasteiger partial charge in [-0.05, 0) is 29.2 Å². The summed E-state index contributed by atoms with van der Waals surface area (Å²) in [4.78, 5) is 12.7. The van der Waals surface area contributed by atoms with Crippen molar-refractivity contribution in [3.63, 3.8) is 0 Å². The summed E-state index contributed by atoms with van der Waals surface area (Å²) in [5.41, 5.74) is 1.36. The van der Waals surface area contributed by atoms with Crippen LogP contribution in [-0.2, 0) is 20.0 Å². The molecule has 0 aromatic heterocycles. The molecular weight excluding hydrogens is 352 g/mol. The smallest absolute Gasteiger partial charge is 0.244 e. The number of nitrogens with one attached hydrogen (secondary N) is 2. The zero-order valence-electron chi connectivity index (χ0n) is 14.9. The van der Waals surface area contributed by atoms with Gasteiger partial charge >= 0.3 is 0 Å². The molecule has 2 aromatic rings. The first-order valence-corrected chi connectivity index (χ1v) is 9.86. The van der Waals surface area contributed by atoms with Crippen LogP contribution in [0.5, 0.6) is 5.75 Å². The third-order valence-corrected chi connectivity index (χ3v) is 6.51. The first kappa shape index (κ1) is 18.3. The fourth-order valence-corrected chi connectivity index (χ4v) is 4.69. The van der Waals surface area contributed by atoms with Crippen LogP contribution in [0.4, 0.5) is 11.4 Å². The average Bonchev–Trinajstić information content (AvgIpc) is 2.53. The summed E-state index contributed by atoms with van der Waals surface area (Å²) in [6, 6.07) is 11.4. The number of rotatable bonds is 2. The van der Waals surface area contributed by atoms with Gasteiger partial charge in [-0.1, -0.05) is 39.0 Å². The van der Waals surface area contributed by atoms with Crippen LogP contribution in [0.3, 0.4) is 0 Å². The second-order valence-electron chi connectivity index (χ2n) is 7.38. The van der Waals surface area contributed by atoms with Crippen molar-refractivity contribution in [2.75, 3.05) is 17.2 Å². The number of amides is 1. The van der Waals surface area contributed by atoms with Gasteiger partial charge in [0.05, 0.1) is 10.6 Å². The van der Waals surface area contributed by atoms with E-state index in [1.807, 2.05) is 20.8 Å². The van der Waals surface area contributed by atoms with E-state index in [0.717, 1.165) is 5.56 Å². The third kappa shape index (κ3) is 3.26. The van der Waals surface area contributed by atoms with Crippen LogP contribution < -0.4 is 10.6 Å². The number of aromatic hydroxyl groups is 1. The molecule has 7 heteroatoms. The van der Waals surface area contributed by atoms with Gasteiger partial charge in [-0.15, -0.1) is 0 Å². The first-order chi connectivity index (χ1) is 12.1. The highest BCUT2D eigenvalue weighted by molar-refractivity contribution is 7.93. The molecular formula is C19H22N2O4S. The molecule has 0 saturated heterocycles. The number of hydrogen-bond donors (Lipinski definition) is 3. The summed E-state index contributed by atoms with van der Waals surface area (Å²) in [6.07, 6.45) is 0. The van der Waals surface area contributed by atoms with Crippen molar-refractivity contribution in [3.05, 3.63) is 48.0 Å². The maximum atomic E-state index is 12.7. The van der Waals surface area contributed by atoms with Gasteiger partial charge in [0.15, 0.2) is 15.1 Å². The molecule has 3 N–H and O–H groups in total. The van der Waals surface area contributed by atoms with E-state index in [0.29, 0.717) is 11.4 Å². The maximum Gasteiger partial charge on any atom is 0.244 e. The Morgan fingerprint density at radius 3 is 2.54 bits per heavy atom. The molecule has 1 aliphatic heterocycles. The normalized spacial score (nSPS) is 18.5. The minimum absolute atomic E-state index is 0.00274. The van der Waals surface area contributed by atoms with E-state index in [1.165, 1.54) is 12.1 Å². The number of carbonyl (C=O) groups excluding carboxylic acids is 1. The Bertz CT molecular complexity index is 962. The molecule has 0 fully saturated rings. The third-order valence-electron chi connectivity index (χ3n) is 4.41. The minimum Gasteiger partial charge on any atom is -0.508 e. The highest BCUT2D eigenvalue weighted by atomic mass is 32.2. The van der Waals surface area contributed by atoms with Crippen LogP contribution in [0, 0.1) is 0 Å². The summed E-state index contributed by atoms with van der Waals surface area (Å²) in [6.45, 7) is 5.91. The Morgan fingerprint density at radius 1 is 1.19 bits per heavy atom. The fraction of sp³-hybridized carbons (Fsp3) is 0.316. The molecule has 26 heavy (non-hydrogen) atoms.